The molecule has 0 aromatic carbocycles. The molecule has 0 radical (unpaired) electrons. The van der Waals surface area contributed by atoms with E-state index in [1.165, 1.54) is 4.31 Å². The van der Waals surface area contributed by atoms with Crippen LogP contribution in [0.15, 0.2) is 9.42 Å². The zero-order valence-corrected chi connectivity index (χ0v) is 15.5. The molecule has 1 aromatic heterocycles. The van der Waals surface area contributed by atoms with Crippen molar-refractivity contribution in [3.63, 3.8) is 0 Å². The van der Waals surface area contributed by atoms with Crippen LogP contribution in [0.1, 0.15) is 31.7 Å². The number of carbonyl (C=O) groups excluding carboxylic acids is 1. The Kier molecular flexibility index (Phi) is 5.67. The van der Waals surface area contributed by atoms with Crippen molar-refractivity contribution in [2.24, 2.45) is 11.7 Å². The average molecular weight is 358 g/mol. The average Bonchev–Trinajstić information content (AvgIpc) is 2.74. The Morgan fingerprint density at radius 1 is 1.21 bits per heavy atom. The number of nitrogens with two attached hydrogens (primary N) is 1. The molecule has 0 spiro atoms. The molecular weight excluding hydrogens is 332 g/mol. The van der Waals surface area contributed by atoms with E-state index < -0.39 is 10.0 Å². The second-order valence-corrected chi connectivity index (χ2v) is 8.26. The normalized spacial score (nSPS) is 19.8. The Hall–Kier alpha value is -1.45. The summed E-state index contributed by atoms with van der Waals surface area (Å²) in [5.74, 6) is -0.0208. The minimum Gasteiger partial charge on any atom is -0.360 e. The summed E-state index contributed by atoms with van der Waals surface area (Å²) in [6, 6.07) is -0.233. The molecule has 2 rings (SSSR count). The fraction of sp³-hybridized carbons (Fsp3) is 0.733. The minimum absolute atomic E-state index is 0.0263. The van der Waals surface area contributed by atoms with Crippen molar-refractivity contribution in [1.29, 1.82) is 0 Å². The minimum atomic E-state index is -3.67. The maximum atomic E-state index is 12.9. The van der Waals surface area contributed by atoms with Crippen LogP contribution in [0.5, 0.6) is 0 Å². The molecular formula is C15H26N4O4S. The SMILES string of the molecule is Cc1noc(C)c1S(=O)(=O)N1CCCN(C(=O)C(C)C(C)N)CC1. The first-order valence-electron chi connectivity index (χ1n) is 8.13. The lowest BCUT2D eigenvalue weighted by Gasteiger charge is -2.26. The maximum Gasteiger partial charge on any atom is 0.248 e. The third-order valence-corrected chi connectivity index (χ3v) is 6.65. The number of nitrogens with zero attached hydrogens (tertiary/aromatic N) is 3. The Labute approximate surface area is 143 Å². The van der Waals surface area contributed by atoms with E-state index in [0.717, 1.165) is 0 Å². The maximum absolute atomic E-state index is 12.9. The van der Waals surface area contributed by atoms with E-state index in [1.807, 2.05) is 0 Å². The van der Waals surface area contributed by atoms with Crippen molar-refractivity contribution in [2.75, 3.05) is 26.2 Å². The highest BCUT2D eigenvalue weighted by Gasteiger charge is 2.33. The molecule has 2 N–H and O–H groups in total. The van der Waals surface area contributed by atoms with Gasteiger partial charge in [-0.2, -0.15) is 4.31 Å². The van der Waals surface area contributed by atoms with Crippen molar-refractivity contribution in [3.8, 4) is 0 Å². The number of sulfonamides is 1. The second-order valence-electron chi connectivity index (χ2n) is 6.38. The lowest BCUT2D eigenvalue weighted by molar-refractivity contribution is -0.135. The van der Waals surface area contributed by atoms with Crippen LogP contribution >= 0.6 is 0 Å². The number of rotatable bonds is 4. The molecule has 1 aliphatic heterocycles. The summed E-state index contributed by atoms with van der Waals surface area (Å²) >= 11 is 0. The molecule has 1 fully saturated rings. The molecule has 24 heavy (non-hydrogen) atoms. The fourth-order valence-electron chi connectivity index (χ4n) is 2.84. The van der Waals surface area contributed by atoms with Crippen LogP contribution in [0.2, 0.25) is 0 Å². The lowest BCUT2D eigenvalue weighted by Crippen LogP contribution is -2.43. The highest BCUT2D eigenvalue weighted by molar-refractivity contribution is 7.89. The van der Waals surface area contributed by atoms with Gasteiger partial charge in [-0.05, 0) is 27.2 Å². The van der Waals surface area contributed by atoms with Gasteiger partial charge >= 0.3 is 0 Å². The predicted octanol–water partition coefficient (Wildman–Crippen LogP) is 0.498. The van der Waals surface area contributed by atoms with Crippen molar-refractivity contribution in [1.82, 2.24) is 14.4 Å². The number of aromatic nitrogens is 1. The first kappa shape index (κ1) is 18.9. The molecule has 0 aliphatic carbocycles. The van der Waals surface area contributed by atoms with Gasteiger partial charge in [0, 0.05) is 32.2 Å². The number of aryl methyl sites for hydroxylation is 2. The third kappa shape index (κ3) is 3.62. The number of hydrogen-bond donors (Lipinski definition) is 1. The highest BCUT2D eigenvalue weighted by atomic mass is 32.2. The quantitative estimate of drug-likeness (QED) is 0.839. The summed E-state index contributed by atoms with van der Waals surface area (Å²) < 4.78 is 32.1. The van der Waals surface area contributed by atoms with Crippen molar-refractivity contribution in [2.45, 2.75) is 45.1 Å². The van der Waals surface area contributed by atoms with Crippen LogP contribution in [0.3, 0.4) is 0 Å². The van der Waals surface area contributed by atoms with Gasteiger partial charge < -0.3 is 15.2 Å². The van der Waals surface area contributed by atoms with Gasteiger partial charge in [0.25, 0.3) is 0 Å². The summed E-state index contributed by atoms with van der Waals surface area (Å²) in [7, 11) is -3.67. The molecule has 136 valence electrons. The van der Waals surface area contributed by atoms with Gasteiger partial charge in [0.15, 0.2) is 5.76 Å². The van der Waals surface area contributed by atoms with Gasteiger partial charge in [-0.1, -0.05) is 12.1 Å². The Morgan fingerprint density at radius 3 is 2.42 bits per heavy atom. The van der Waals surface area contributed by atoms with Gasteiger partial charge in [-0.25, -0.2) is 8.42 Å². The van der Waals surface area contributed by atoms with E-state index in [2.05, 4.69) is 5.16 Å². The lowest BCUT2D eigenvalue weighted by atomic mass is 10.0. The van der Waals surface area contributed by atoms with Crippen LogP contribution in [0, 0.1) is 19.8 Å². The van der Waals surface area contributed by atoms with E-state index >= 15 is 0 Å². The highest BCUT2D eigenvalue weighted by Crippen LogP contribution is 2.24. The van der Waals surface area contributed by atoms with Gasteiger partial charge in [0.2, 0.25) is 15.9 Å². The zero-order chi connectivity index (χ0) is 18.1. The molecule has 2 heterocycles. The van der Waals surface area contributed by atoms with Gasteiger partial charge in [0.05, 0.1) is 5.92 Å². The second kappa shape index (κ2) is 7.20. The van der Waals surface area contributed by atoms with E-state index in [4.69, 9.17) is 10.3 Å². The molecule has 2 atom stereocenters. The van der Waals surface area contributed by atoms with Crippen LogP contribution in [-0.2, 0) is 14.8 Å². The summed E-state index contributed by atoms with van der Waals surface area (Å²) in [6.07, 6.45) is 0.583. The molecule has 8 nitrogen and oxygen atoms in total. The van der Waals surface area contributed by atoms with Crippen molar-refractivity contribution in [3.05, 3.63) is 11.5 Å². The predicted molar refractivity (Wildman–Crippen MR) is 88.7 cm³/mol. The molecule has 0 bridgehead atoms. The van der Waals surface area contributed by atoms with Crippen LogP contribution in [0.25, 0.3) is 0 Å². The molecule has 2 unspecified atom stereocenters. The fourth-order valence-corrected chi connectivity index (χ4v) is 4.60. The summed E-state index contributed by atoms with van der Waals surface area (Å²) in [4.78, 5) is 14.3. The van der Waals surface area contributed by atoms with Crippen LogP contribution in [-0.4, -0.2) is 60.9 Å². The standard InChI is InChI=1S/C15H26N4O4S/c1-10(11(2)16)15(20)18-6-5-7-19(9-8-18)24(21,22)14-12(3)17-23-13(14)4/h10-11H,5-9,16H2,1-4H3. The first-order chi connectivity index (χ1) is 11.2. The molecule has 1 amide bonds. The van der Waals surface area contributed by atoms with E-state index in [-0.39, 0.29) is 35.1 Å². The third-order valence-electron chi connectivity index (χ3n) is 4.51. The molecule has 9 heteroatoms. The van der Waals surface area contributed by atoms with Gasteiger partial charge in [-0.3, -0.25) is 4.79 Å². The van der Waals surface area contributed by atoms with Gasteiger partial charge in [0.1, 0.15) is 10.6 Å². The summed E-state index contributed by atoms with van der Waals surface area (Å²) in [5.41, 5.74) is 6.16. The summed E-state index contributed by atoms with van der Waals surface area (Å²) in [5, 5.41) is 3.73. The van der Waals surface area contributed by atoms with Crippen molar-refractivity contribution < 1.29 is 17.7 Å². The molecule has 1 aliphatic rings. The smallest absolute Gasteiger partial charge is 0.248 e. The number of hydrogen-bond acceptors (Lipinski definition) is 6. The first-order valence-corrected chi connectivity index (χ1v) is 9.57. The van der Waals surface area contributed by atoms with Crippen LogP contribution < -0.4 is 5.73 Å². The van der Waals surface area contributed by atoms with E-state index in [0.29, 0.717) is 31.7 Å². The van der Waals surface area contributed by atoms with Crippen molar-refractivity contribution >= 4 is 15.9 Å². The topological polar surface area (TPSA) is 110 Å². The molecule has 1 saturated heterocycles. The van der Waals surface area contributed by atoms with E-state index in [9.17, 15) is 13.2 Å². The Morgan fingerprint density at radius 2 is 1.88 bits per heavy atom. The molecule has 1 aromatic rings. The van der Waals surface area contributed by atoms with Gasteiger partial charge in [-0.15, -0.1) is 0 Å². The Bertz CT molecular complexity index is 679. The van der Waals surface area contributed by atoms with Crippen LogP contribution in [0.4, 0.5) is 0 Å². The van der Waals surface area contributed by atoms with E-state index in [1.54, 1.807) is 32.6 Å². The zero-order valence-electron chi connectivity index (χ0n) is 14.7. The monoisotopic (exact) mass is 358 g/mol. The largest absolute Gasteiger partial charge is 0.360 e. The Balaban J connectivity index is 2.15. The summed E-state index contributed by atoms with van der Waals surface area (Å²) in [6.45, 7) is 8.31. The molecule has 0 saturated carbocycles. The number of carbonyl (C=O) groups is 1. The number of amides is 1.